The van der Waals surface area contributed by atoms with Crippen LogP contribution in [0, 0.1) is 11.8 Å². The van der Waals surface area contributed by atoms with Gasteiger partial charge in [0.1, 0.15) is 19.3 Å². The fourth-order valence-corrected chi connectivity index (χ4v) is 13.9. The number of carbonyl (C=O) groups excluding carboxylic acids is 4. The van der Waals surface area contributed by atoms with Crippen LogP contribution in [0.5, 0.6) is 0 Å². The summed E-state index contributed by atoms with van der Waals surface area (Å²) in [6.07, 6.45) is 61.3. The normalized spacial score (nSPS) is 14.2. The molecule has 0 spiro atoms. The van der Waals surface area contributed by atoms with Crippen molar-refractivity contribution in [2.24, 2.45) is 11.8 Å². The first-order valence-corrected chi connectivity index (χ1v) is 44.5. The summed E-state index contributed by atoms with van der Waals surface area (Å²) in [6.45, 7) is 9.54. The maximum absolute atomic E-state index is 13.1. The maximum atomic E-state index is 13.1. The third-order valence-corrected chi connectivity index (χ3v) is 21.0. The van der Waals surface area contributed by atoms with Crippen LogP contribution in [-0.4, -0.2) is 96.7 Å². The molecule has 588 valence electrons. The number of carbonyl (C=O) groups is 4. The summed E-state index contributed by atoms with van der Waals surface area (Å²) >= 11 is 0. The molecule has 99 heavy (non-hydrogen) atoms. The molecule has 0 aromatic heterocycles. The van der Waals surface area contributed by atoms with Crippen LogP contribution in [0.25, 0.3) is 0 Å². The van der Waals surface area contributed by atoms with Crippen molar-refractivity contribution in [3.63, 3.8) is 0 Å². The van der Waals surface area contributed by atoms with Crippen LogP contribution in [-0.2, 0) is 65.4 Å². The number of hydrogen-bond acceptors (Lipinski definition) is 15. The number of unbranched alkanes of at least 4 members (excludes halogenated alkanes) is 48. The highest BCUT2D eigenvalue weighted by molar-refractivity contribution is 7.47. The van der Waals surface area contributed by atoms with E-state index >= 15 is 0 Å². The maximum Gasteiger partial charge on any atom is 0.472 e. The van der Waals surface area contributed by atoms with Crippen molar-refractivity contribution >= 4 is 39.5 Å². The molecular formula is C80H156O17P2. The average molecular weight is 1450 g/mol. The molecule has 0 saturated carbocycles. The Morgan fingerprint density at radius 3 is 0.768 bits per heavy atom. The lowest BCUT2D eigenvalue weighted by atomic mass is 10.00. The molecule has 17 nitrogen and oxygen atoms in total. The van der Waals surface area contributed by atoms with Crippen molar-refractivity contribution in [1.29, 1.82) is 0 Å². The van der Waals surface area contributed by atoms with E-state index in [-0.39, 0.29) is 25.7 Å². The van der Waals surface area contributed by atoms with Gasteiger partial charge < -0.3 is 33.8 Å². The van der Waals surface area contributed by atoms with Crippen LogP contribution in [0.2, 0.25) is 0 Å². The van der Waals surface area contributed by atoms with Gasteiger partial charge >= 0.3 is 39.5 Å². The summed E-state index contributed by atoms with van der Waals surface area (Å²) in [4.78, 5) is 72.9. The summed E-state index contributed by atoms with van der Waals surface area (Å²) in [5.41, 5.74) is 0. The molecule has 0 heterocycles. The lowest BCUT2D eigenvalue weighted by Gasteiger charge is -2.21. The zero-order chi connectivity index (χ0) is 72.8. The standard InChI is InChI=1S/C80H156O17P2/c1-7-10-12-14-16-18-20-22-24-26-28-30-32-34-36-38-43-50-56-62-77(82)90-68-75(96-79(84)64-58-52-44-39-37-35-33-31-29-27-25-23-21-19-17-15-13-11-8-2)70-94-98(86,87)92-66-74(81)67-93-99(88,89)95-71-76(69-91-78(83)63-57-51-47-46-49-55-61-73(6)9-3)97-80(85)65-59-53-45-41-40-42-48-54-60-72(4)5/h72-76,81H,7-71H2,1-6H3,(H,86,87)(H,88,89)/t73?,74-,75-,76-/m1/s1. The summed E-state index contributed by atoms with van der Waals surface area (Å²) < 4.78 is 68.6. The Labute approximate surface area is 607 Å². The number of rotatable bonds is 79. The molecule has 0 amide bonds. The number of esters is 4. The predicted molar refractivity (Wildman–Crippen MR) is 405 cm³/mol. The fourth-order valence-electron chi connectivity index (χ4n) is 12.3. The topological polar surface area (TPSA) is 237 Å². The predicted octanol–water partition coefficient (Wildman–Crippen LogP) is 23.9. The van der Waals surface area contributed by atoms with Crippen molar-refractivity contribution in [3.8, 4) is 0 Å². The Bertz CT molecular complexity index is 1910. The second-order valence-electron chi connectivity index (χ2n) is 29.5. The van der Waals surface area contributed by atoms with E-state index in [1.165, 1.54) is 231 Å². The summed E-state index contributed by atoms with van der Waals surface area (Å²) in [5, 5.41) is 10.6. The van der Waals surface area contributed by atoms with Crippen molar-refractivity contribution < 1.29 is 80.2 Å². The molecule has 0 aliphatic heterocycles. The highest BCUT2D eigenvalue weighted by Gasteiger charge is 2.30. The Balaban J connectivity index is 5.21. The summed E-state index contributed by atoms with van der Waals surface area (Å²) in [7, 11) is -9.92. The zero-order valence-electron chi connectivity index (χ0n) is 64.8. The molecule has 6 atom stereocenters. The highest BCUT2D eigenvalue weighted by Crippen LogP contribution is 2.45. The van der Waals surface area contributed by atoms with Crippen LogP contribution in [0.15, 0.2) is 0 Å². The van der Waals surface area contributed by atoms with Gasteiger partial charge in [0.2, 0.25) is 0 Å². The summed E-state index contributed by atoms with van der Waals surface area (Å²) in [5.74, 6) is -0.665. The number of phosphoric acid groups is 2. The van der Waals surface area contributed by atoms with Gasteiger partial charge in [-0.05, 0) is 37.5 Å². The van der Waals surface area contributed by atoms with E-state index in [0.29, 0.717) is 25.7 Å². The van der Waals surface area contributed by atoms with Gasteiger partial charge in [-0.2, -0.15) is 0 Å². The monoisotopic (exact) mass is 1450 g/mol. The molecule has 0 aliphatic rings. The van der Waals surface area contributed by atoms with E-state index in [4.69, 9.17) is 37.0 Å². The Morgan fingerprint density at radius 1 is 0.293 bits per heavy atom. The lowest BCUT2D eigenvalue weighted by Crippen LogP contribution is -2.30. The number of aliphatic hydroxyl groups excluding tert-OH is 1. The van der Waals surface area contributed by atoms with Crippen molar-refractivity contribution in [2.75, 3.05) is 39.6 Å². The molecule has 0 saturated heterocycles. The minimum Gasteiger partial charge on any atom is -0.462 e. The number of aliphatic hydroxyl groups is 1. The van der Waals surface area contributed by atoms with E-state index < -0.39 is 97.5 Å². The first-order valence-electron chi connectivity index (χ1n) is 41.5. The smallest absolute Gasteiger partial charge is 0.462 e. The first kappa shape index (κ1) is 97.1. The van der Waals surface area contributed by atoms with Gasteiger partial charge in [-0.1, -0.05) is 369 Å². The van der Waals surface area contributed by atoms with Gasteiger partial charge in [-0.15, -0.1) is 0 Å². The number of ether oxygens (including phenoxy) is 4. The molecule has 0 aromatic carbocycles. The Morgan fingerprint density at radius 2 is 0.515 bits per heavy atom. The second kappa shape index (κ2) is 71.7. The summed E-state index contributed by atoms with van der Waals surface area (Å²) in [6, 6.07) is 0. The third-order valence-electron chi connectivity index (χ3n) is 19.1. The Kier molecular flexibility index (Phi) is 70.3. The van der Waals surface area contributed by atoms with Crippen LogP contribution < -0.4 is 0 Å². The number of phosphoric ester groups is 2. The van der Waals surface area contributed by atoms with Gasteiger partial charge in [0, 0.05) is 25.7 Å². The molecule has 0 aliphatic carbocycles. The molecule has 3 N–H and O–H groups in total. The third kappa shape index (κ3) is 72.8. The second-order valence-corrected chi connectivity index (χ2v) is 32.4. The zero-order valence-corrected chi connectivity index (χ0v) is 66.6. The van der Waals surface area contributed by atoms with E-state index in [1.54, 1.807) is 0 Å². The van der Waals surface area contributed by atoms with E-state index in [2.05, 4.69) is 41.5 Å². The first-order chi connectivity index (χ1) is 47.9. The highest BCUT2D eigenvalue weighted by atomic mass is 31.2. The van der Waals surface area contributed by atoms with Crippen molar-refractivity contribution in [1.82, 2.24) is 0 Å². The van der Waals surface area contributed by atoms with Crippen molar-refractivity contribution in [3.05, 3.63) is 0 Å². The molecule has 3 unspecified atom stereocenters. The average Bonchev–Trinajstić information content (AvgIpc) is 2.07. The molecule has 0 fully saturated rings. The number of hydrogen-bond donors (Lipinski definition) is 3. The van der Waals surface area contributed by atoms with Gasteiger partial charge in [0.25, 0.3) is 0 Å². The molecule has 0 bridgehead atoms. The fraction of sp³-hybridized carbons (Fsp3) is 0.950. The van der Waals surface area contributed by atoms with Crippen molar-refractivity contribution in [2.45, 2.75) is 439 Å². The van der Waals surface area contributed by atoms with Gasteiger partial charge in [0.05, 0.1) is 26.4 Å². The quantitative estimate of drug-likeness (QED) is 0.0222. The van der Waals surface area contributed by atoms with Crippen LogP contribution in [0.3, 0.4) is 0 Å². The molecule has 0 aromatic rings. The van der Waals surface area contributed by atoms with Gasteiger partial charge in [-0.25, -0.2) is 9.13 Å². The largest absolute Gasteiger partial charge is 0.472 e. The van der Waals surface area contributed by atoms with Gasteiger partial charge in [-0.3, -0.25) is 37.3 Å². The van der Waals surface area contributed by atoms with Gasteiger partial charge in [0.15, 0.2) is 12.2 Å². The minimum atomic E-state index is -4.96. The molecule has 19 heteroatoms. The SMILES string of the molecule is CCCCCCCCCCCCCCCCCCCCCC(=O)OC[C@H](COP(=O)(O)OC[C@@H](O)COP(=O)(O)OC[C@@H](COC(=O)CCCCCCCCC(C)CC)OC(=O)CCCCCCCCCCC(C)C)OC(=O)CCCCCCCCCCCCCCCCCCCCC. The Hall–Kier alpha value is -1.94. The minimum absolute atomic E-state index is 0.104. The molecule has 0 radical (unpaired) electrons. The van der Waals surface area contributed by atoms with Crippen LogP contribution in [0.4, 0.5) is 0 Å². The van der Waals surface area contributed by atoms with E-state index in [0.717, 1.165) is 108 Å². The molecular weight excluding hydrogens is 1290 g/mol. The molecule has 0 rings (SSSR count). The van der Waals surface area contributed by atoms with E-state index in [1.807, 2.05) is 0 Å². The van der Waals surface area contributed by atoms with Crippen LogP contribution in [0.1, 0.15) is 420 Å². The lowest BCUT2D eigenvalue weighted by molar-refractivity contribution is -0.161. The van der Waals surface area contributed by atoms with E-state index in [9.17, 15) is 43.2 Å². The van der Waals surface area contributed by atoms with Crippen LogP contribution >= 0.6 is 15.6 Å².